The molecule has 0 aliphatic rings. The number of hydrogen-bond donors (Lipinski definition) is 1. The van der Waals surface area contributed by atoms with Gasteiger partial charge in [-0.15, -0.1) is 0 Å². The van der Waals surface area contributed by atoms with Crippen LogP contribution in [-0.4, -0.2) is 27.8 Å². The highest BCUT2D eigenvalue weighted by Gasteiger charge is 2.12. The molecule has 1 aromatic heterocycles. The molecule has 2 aromatic carbocycles. The zero-order valence-corrected chi connectivity index (χ0v) is 14.3. The van der Waals surface area contributed by atoms with Crippen LogP contribution in [0.2, 0.25) is 0 Å². The first-order chi connectivity index (χ1) is 12.2. The lowest BCUT2D eigenvalue weighted by atomic mass is 10.2. The van der Waals surface area contributed by atoms with Crippen molar-refractivity contribution < 1.29 is 9.53 Å². The van der Waals surface area contributed by atoms with E-state index >= 15 is 0 Å². The van der Waals surface area contributed by atoms with E-state index in [0.29, 0.717) is 18.2 Å². The highest BCUT2D eigenvalue weighted by Crippen LogP contribution is 2.16. The average Bonchev–Trinajstić information content (AvgIpc) is 3.01. The van der Waals surface area contributed by atoms with Crippen molar-refractivity contribution in [1.29, 1.82) is 0 Å². The van der Waals surface area contributed by atoms with E-state index in [1.807, 2.05) is 61.5 Å². The number of benzene rings is 2. The van der Waals surface area contributed by atoms with E-state index in [-0.39, 0.29) is 12.5 Å². The lowest BCUT2D eigenvalue weighted by Gasteiger charge is -2.08. The first-order valence-corrected chi connectivity index (χ1v) is 8.02. The van der Waals surface area contributed by atoms with Gasteiger partial charge >= 0.3 is 0 Å². The Balaban J connectivity index is 1.65. The van der Waals surface area contributed by atoms with E-state index in [1.54, 1.807) is 11.8 Å². The van der Waals surface area contributed by atoms with E-state index in [2.05, 4.69) is 15.4 Å². The van der Waals surface area contributed by atoms with Crippen LogP contribution >= 0.6 is 0 Å². The fourth-order valence-electron chi connectivity index (χ4n) is 2.50. The lowest BCUT2D eigenvalue weighted by molar-refractivity contribution is -0.122. The van der Waals surface area contributed by atoms with E-state index in [1.165, 1.54) is 0 Å². The van der Waals surface area contributed by atoms with Gasteiger partial charge in [-0.3, -0.25) is 4.79 Å². The van der Waals surface area contributed by atoms with Crippen LogP contribution in [0.5, 0.6) is 5.75 Å². The minimum atomic E-state index is -0.113. The molecule has 1 N–H and O–H groups in total. The quantitative estimate of drug-likeness (QED) is 0.751. The summed E-state index contributed by atoms with van der Waals surface area (Å²) >= 11 is 0. The van der Waals surface area contributed by atoms with Crippen LogP contribution in [0.1, 0.15) is 11.4 Å². The molecule has 0 atom stereocenters. The molecule has 6 heteroatoms. The summed E-state index contributed by atoms with van der Waals surface area (Å²) in [5, 5.41) is 7.24. The summed E-state index contributed by atoms with van der Waals surface area (Å²) in [6.45, 7) is 2.40. The van der Waals surface area contributed by atoms with Crippen molar-refractivity contribution in [3.05, 3.63) is 66.0 Å². The monoisotopic (exact) mass is 336 g/mol. The molecule has 1 amide bonds. The molecular formula is C19H20N4O2. The fraction of sp³-hybridized carbons (Fsp3) is 0.211. The largest absolute Gasteiger partial charge is 0.497 e. The number of carbonyl (C=O) groups excluding carboxylic acids is 1. The Kier molecular flexibility index (Phi) is 5.09. The van der Waals surface area contributed by atoms with Gasteiger partial charge in [-0.1, -0.05) is 42.5 Å². The SMILES string of the molecule is COc1ccc(CNC(=O)Cn2nc(C)nc2-c2ccccc2)cc1. The number of hydrogen-bond acceptors (Lipinski definition) is 4. The number of nitrogens with zero attached hydrogens (tertiary/aromatic N) is 3. The van der Waals surface area contributed by atoms with Crippen LogP contribution in [0.25, 0.3) is 11.4 Å². The summed E-state index contributed by atoms with van der Waals surface area (Å²) in [6, 6.07) is 17.3. The van der Waals surface area contributed by atoms with Gasteiger partial charge in [0.05, 0.1) is 7.11 Å². The van der Waals surface area contributed by atoms with Gasteiger partial charge in [0.1, 0.15) is 18.1 Å². The normalized spacial score (nSPS) is 10.5. The third kappa shape index (κ3) is 4.23. The topological polar surface area (TPSA) is 69.0 Å². The van der Waals surface area contributed by atoms with Gasteiger partial charge in [0.2, 0.25) is 5.91 Å². The van der Waals surface area contributed by atoms with Crippen LogP contribution in [0.4, 0.5) is 0 Å². The lowest BCUT2D eigenvalue weighted by Crippen LogP contribution is -2.27. The number of nitrogens with one attached hydrogen (secondary N) is 1. The Hall–Kier alpha value is -3.15. The van der Waals surface area contributed by atoms with Gasteiger partial charge in [0.15, 0.2) is 5.82 Å². The first-order valence-electron chi connectivity index (χ1n) is 8.02. The van der Waals surface area contributed by atoms with Crippen LogP contribution < -0.4 is 10.1 Å². The van der Waals surface area contributed by atoms with E-state index in [9.17, 15) is 4.79 Å². The Morgan fingerprint density at radius 2 is 1.84 bits per heavy atom. The minimum absolute atomic E-state index is 0.113. The van der Waals surface area contributed by atoms with Gasteiger partial charge in [0.25, 0.3) is 0 Å². The highest BCUT2D eigenvalue weighted by atomic mass is 16.5. The summed E-state index contributed by atoms with van der Waals surface area (Å²) in [7, 11) is 1.63. The molecule has 0 fully saturated rings. The number of amides is 1. The highest BCUT2D eigenvalue weighted by molar-refractivity contribution is 5.76. The molecule has 0 aliphatic carbocycles. The molecule has 3 rings (SSSR count). The smallest absolute Gasteiger partial charge is 0.242 e. The maximum atomic E-state index is 12.3. The van der Waals surface area contributed by atoms with Crippen molar-refractivity contribution in [3.63, 3.8) is 0 Å². The number of carbonyl (C=O) groups is 1. The third-order valence-electron chi connectivity index (χ3n) is 3.75. The van der Waals surface area contributed by atoms with Gasteiger partial charge in [-0.05, 0) is 24.6 Å². The third-order valence-corrected chi connectivity index (χ3v) is 3.75. The molecule has 0 saturated carbocycles. The molecule has 6 nitrogen and oxygen atoms in total. The molecule has 1 heterocycles. The molecule has 0 spiro atoms. The summed E-state index contributed by atoms with van der Waals surface area (Å²) in [6.07, 6.45) is 0. The standard InChI is InChI=1S/C19H20N4O2/c1-14-21-19(16-6-4-3-5-7-16)23(22-14)13-18(24)20-12-15-8-10-17(25-2)11-9-15/h3-11H,12-13H2,1-2H3,(H,20,24). The average molecular weight is 336 g/mol. The molecular weight excluding hydrogens is 316 g/mol. The Bertz CT molecular complexity index is 842. The van der Waals surface area contributed by atoms with Gasteiger partial charge in [0, 0.05) is 12.1 Å². The van der Waals surface area contributed by atoms with E-state index < -0.39 is 0 Å². The predicted octanol–water partition coefficient (Wildman–Crippen LogP) is 2.58. The molecule has 0 aliphatic heterocycles. The molecule has 0 bridgehead atoms. The molecule has 25 heavy (non-hydrogen) atoms. The Labute approximate surface area is 146 Å². The van der Waals surface area contributed by atoms with Crippen molar-refractivity contribution in [2.24, 2.45) is 0 Å². The summed E-state index contributed by atoms with van der Waals surface area (Å²) in [5.74, 6) is 2.01. The molecule has 128 valence electrons. The molecule has 0 saturated heterocycles. The van der Waals surface area contributed by atoms with Gasteiger partial charge in [-0.2, -0.15) is 5.10 Å². The number of ether oxygens (including phenoxy) is 1. The summed E-state index contributed by atoms with van der Waals surface area (Å²) in [5.41, 5.74) is 1.94. The second-order valence-electron chi connectivity index (χ2n) is 5.63. The summed E-state index contributed by atoms with van der Waals surface area (Å²) in [4.78, 5) is 16.7. The van der Waals surface area contributed by atoms with Crippen LogP contribution in [0.15, 0.2) is 54.6 Å². The zero-order chi connectivity index (χ0) is 17.6. The number of aromatic nitrogens is 3. The van der Waals surface area contributed by atoms with Crippen LogP contribution in [0, 0.1) is 6.92 Å². The maximum absolute atomic E-state index is 12.3. The van der Waals surface area contributed by atoms with Crippen LogP contribution in [0.3, 0.4) is 0 Å². The number of methoxy groups -OCH3 is 1. The van der Waals surface area contributed by atoms with E-state index in [0.717, 1.165) is 16.9 Å². The Morgan fingerprint density at radius 3 is 2.52 bits per heavy atom. The molecule has 3 aromatic rings. The zero-order valence-electron chi connectivity index (χ0n) is 14.3. The van der Waals surface area contributed by atoms with Crippen LogP contribution in [-0.2, 0) is 17.9 Å². The molecule has 0 radical (unpaired) electrons. The van der Waals surface area contributed by atoms with Crippen molar-refractivity contribution in [2.45, 2.75) is 20.0 Å². The van der Waals surface area contributed by atoms with Crippen molar-refractivity contribution in [3.8, 4) is 17.1 Å². The minimum Gasteiger partial charge on any atom is -0.497 e. The fourth-order valence-corrected chi connectivity index (χ4v) is 2.50. The van der Waals surface area contributed by atoms with Crippen molar-refractivity contribution >= 4 is 5.91 Å². The van der Waals surface area contributed by atoms with Crippen molar-refractivity contribution in [2.75, 3.05) is 7.11 Å². The molecule has 0 unspecified atom stereocenters. The number of aryl methyl sites for hydroxylation is 1. The number of rotatable bonds is 6. The second-order valence-corrected chi connectivity index (χ2v) is 5.63. The Morgan fingerprint density at radius 1 is 1.12 bits per heavy atom. The van der Waals surface area contributed by atoms with Gasteiger partial charge in [-0.25, -0.2) is 9.67 Å². The second kappa shape index (κ2) is 7.61. The van der Waals surface area contributed by atoms with Crippen molar-refractivity contribution in [1.82, 2.24) is 20.1 Å². The first kappa shape index (κ1) is 16.7. The maximum Gasteiger partial charge on any atom is 0.242 e. The predicted molar refractivity (Wildman–Crippen MR) is 95.0 cm³/mol. The van der Waals surface area contributed by atoms with Gasteiger partial charge < -0.3 is 10.1 Å². The van der Waals surface area contributed by atoms with E-state index in [4.69, 9.17) is 4.74 Å². The summed E-state index contributed by atoms with van der Waals surface area (Å²) < 4.78 is 6.76.